The van der Waals surface area contributed by atoms with E-state index in [2.05, 4.69) is 0 Å². The quantitative estimate of drug-likeness (QED) is 0.406. The van der Waals surface area contributed by atoms with E-state index in [1.807, 2.05) is 0 Å². The molecular formula is C8H9Na2O5P. The van der Waals surface area contributed by atoms with Crippen LogP contribution < -0.4 is 74.0 Å². The average molecular weight is 262 g/mol. The van der Waals surface area contributed by atoms with Gasteiger partial charge in [-0.1, -0.05) is 29.5 Å². The molecule has 0 saturated heterocycles. The molecule has 0 fully saturated rings. The third-order valence-electron chi connectivity index (χ3n) is 1.75. The SMILES string of the molecule is Cc1ccc([O-])c(C(O)[P+]([O-])([O-])O)c1.[Na+].[Na+]. The third kappa shape index (κ3) is 5.29. The van der Waals surface area contributed by atoms with Crippen LogP contribution in [0.4, 0.5) is 0 Å². The van der Waals surface area contributed by atoms with Gasteiger partial charge < -0.3 is 20.0 Å². The number of benzene rings is 1. The second-order valence-corrected chi connectivity index (χ2v) is 4.60. The summed E-state index contributed by atoms with van der Waals surface area (Å²) in [6.45, 7) is 1.64. The molecule has 5 nitrogen and oxygen atoms in total. The van der Waals surface area contributed by atoms with E-state index in [1.54, 1.807) is 6.92 Å². The van der Waals surface area contributed by atoms with Crippen molar-refractivity contribution in [1.82, 2.24) is 0 Å². The Bertz CT molecular complexity index is 342. The standard InChI is InChI=1S/C8H11O5P.2Na/c1-5-2-3-7(9)6(4-5)8(10)14(11,12)13;;/h2-4,8-10H,1H3,(H2,11,12,13);;/q;2*+1/p-2. The van der Waals surface area contributed by atoms with E-state index in [4.69, 9.17) is 10.00 Å². The van der Waals surface area contributed by atoms with E-state index in [0.29, 0.717) is 5.56 Å². The molecule has 0 heterocycles. The second kappa shape index (κ2) is 7.67. The van der Waals surface area contributed by atoms with Gasteiger partial charge in [0.25, 0.3) is 0 Å². The van der Waals surface area contributed by atoms with Crippen LogP contribution in [0.15, 0.2) is 18.2 Å². The van der Waals surface area contributed by atoms with Crippen molar-refractivity contribution in [2.45, 2.75) is 12.8 Å². The minimum absolute atomic E-state index is 0. The molecule has 1 atom stereocenters. The van der Waals surface area contributed by atoms with Crippen LogP contribution in [0.1, 0.15) is 17.0 Å². The van der Waals surface area contributed by atoms with E-state index in [-0.39, 0.29) is 64.7 Å². The van der Waals surface area contributed by atoms with Gasteiger partial charge in [0.05, 0.1) is 7.94 Å². The zero-order valence-corrected chi connectivity index (χ0v) is 14.3. The molecule has 0 amide bonds. The van der Waals surface area contributed by atoms with Crippen molar-refractivity contribution in [2.24, 2.45) is 0 Å². The minimum atomic E-state index is -4.92. The maximum Gasteiger partial charge on any atom is 1.00 e. The van der Waals surface area contributed by atoms with Gasteiger partial charge in [0.2, 0.25) is 5.85 Å². The fourth-order valence-electron chi connectivity index (χ4n) is 1.05. The average Bonchev–Trinajstić information content (AvgIpc) is 2.06. The number of aliphatic hydroxyl groups excluding tert-OH is 1. The van der Waals surface area contributed by atoms with Crippen LogP contribution in [-0.2, 0) is 0 Å². The van der Waals surface area contributed by atoms with Gasteiger partial charge in [-0.05, 0) is 6.92 Å². The molecule has 0 saturated carbocycles. The molecular weight excluding hydrogens is 253 g/mol. The third-order valence-corrected chi connectivity index (χ3v) is 2.65. The van der Waals surface area contributed by atoms with E-state index in [0.717, 1.165) is 6.07 Å². The van der Waals surface area contributed by atoms with Crippen molar-refractivity contribution < 1.29 is 84.0 Å². The Morgan fingerprint density at radius 1 is 1.25 bits per heavy atom. The molecule has 1 aromatic rings. The van der Waals surface area contributed by atoms with Crippen LogP contribution in [0.25, 0.3) is 0 Å². The summed E-state index contributed by atoms with van der Waals surface area (Å²) in [4.78, 5) is 29.7. The number of hydrogen-bond acceptors (Lipinski definition) is 5. The molecule has 0 aromatic heterocycles. The van der Waals surface area contributed by atoms with Gasteiger partial charge >= 0.3 is 59.1 Å². The van der Waals surface area contributed by atoms with E-state index < -0.39 is 19.5 Å². The van der Waals surface area contributed by atoms with E-state index >= 15 is 0 Å². The summed E-state index contributed by atoms with van der Waals surface area (Å²) >= 11 is 0. The number of aryl methyl sites for hydroxylation is 1. The minimum Gasteiger partial charge on any atom is -0.872 e. The first kappa shape index (κ1) is 19.6. The Morgan fingerprint density at radius 2 is 1.75 bits per heavy atom. The van der Waals surface area contributed by atoms with E-state index in [9.17, 15) is 14.9 Å². The molecule has 8 heteroatoms. The predicted octanol–water partition coefficient (Wildman–Crippen LogP) is -7.46. The van der Waals surface area contributed by atoms with Crippen LogP contribution in [0.2, 0.25) is 0 Å². The molecule has 0 spiro atoms. The van der Waals surface area contributed by atoms with Gasteiger partial charge in [-0.2, -0.15) is 0 Å². The van der Waals surface area contributed by atoms with Gasteiger partial charge in [0.15, 0.2) is 0 Å². The molecule has 1 rings (SSSR count). The predicted molar refractivity (Wildman–Crippen MR) is 44.7 cm³/mol. The monoisotopic (exact) mass is 262 g/mol. The van der Waals surface area contributed by atoms with Crippen LogP contribution in [0.5, 0.6) is 5.75 Å². The maximum absolute atomic E-state index is 11.1. The zero-order chi connectivity index (χ0) is 10.9. The van der Waals surface area contributed by atoms with Crippen molar-refractivity contribution in [1.29, 1.82) is 0 Å². The van der Waals surface area contributed by atoms with Crippen molar-refractivity contribution >= 4 is 7.94 Å². The summed E-state index contributed by atoms with van der Waals surface area (Å²) in [5.74, 6) is -2.76. The summed E-state index contributed by atoms with van der Waals surface area (Å²) in [5, 5.41) is 20.3. The van der Waals surface area contributed by atoms with Gasteiger partial charge in [0.1, 0.15) is 0 Å². The molecule has 0 aliphatic carbocycles. The Labute approximate surface area is 138 Å². The molecule has 1 unspecified atom stereocenters. The van der Waals surface area contributed by atoms with Crippen LogP contribution in [0.3, 0.4) is 0 Å². The van der Waals surface area contributed by atoms with Gasteiger partial charge in [0, 0.05) is 5.56 Å². The van der Waals surface area contributed by atoms with Crippen molar-refractivity contribution in [3.63, 3.8) is 0 Å². The summed E-state index contributed by atoms with van der Waals surface area (Å²) < 4.78 is 0. The summed E-state index contributed by atoms with van der Waals surface area (Å²) in [6, 6.07) is 3.86. The van der Waals surface area contributed by atoms with Crippen LogP contribution in [0, 0.1) is 6.92 Å². The first-order valence-corrected chi connectivity index (χ1v) is 5.46. The smallest absolute Gasteiger partial charge is 0.872 e. The summed E-state index contributed by atoms with van der Waals surface area (Å²) in [6.07, 6.45) is 0. The molecule has 0 aliphatic heterocycles. The van der Waals surface area contributed by atoms with E-state index in [1.165, 1.54) is 12.1 Å². The molecule has 0 aliphatic rings. The molecule has 78 valence electrons. The second-order valence-electron chi connectivity index (χ2n) is 2.98. The normalized spacial score (nSPS) is 12.3. The van der Waals surface area contributed by atoms with Gasteiger partial charge in [-0.15, -0.1) is 0 Å². The fraction of sp³-hybridized carbons (Fsp3) is 0.250. The number of rotatable bonds is 2. The Kier molecular flexibility index (Phi) is 9.40. The van der Waals surface area contributed by atoms with Gasteiger partial charge in [-0.25, -0.2) is 0 Å². The first-order valence-electron chi connectivity index (χ1n) is 3.81. The number of hydrogen-bond donors (Lipinski definition) is 2. The van der Waals surface area contributed by atoms with Crippen molar-refractivity contribution in [2.75, 3.05) is 0 Å². The topological polar surface area (TPSA) is 110 Å². The molecule has 16 heavy (non-hydrogen) atoms. The first-order chi connectivity index (χ1) is 6.32. The Balaban J connectivity index is 0. The molecule has 1 aromatic carbocycles. The molecule has 2 N–H and O–H groups in total. The molecule has 0 bridgehead atoms. The van der Waals surface area contributed by atoms with Crippen LogP contribution >= 0.6 is 7.94 Å². The van der Waals surface area contributed by atoms with Gasteiger partial charge in [-0.3, -0.25) is 4.89 Å². The van der Waals surface area contributed by atoms with Crippen molar-refractivity contribution in [3.8, 4) is 5.75 Å². The Morgan fingerprint density at radius 3 is 2.19 bits per heavy atom. The zero-order valence-electron chi connectivity index (χ0n) is 9.38. The molecule has 0 radical (unpaired) electrons. The largest absolute Gasteiger partial charge is 1.00 e. The van der Waals surface area contributed by atoms with Crippen molar-refractivity contribution in [3.05, 3.63) is 29.3 Å². The summed E-state index contributed by atoms with van der Waals surface area (Å²) in [7, 11) is -4.92. The Hall–Kier alpha value is 1.29. The number of aliphatic hydroxyl groups is 1. The fourth-order valence-corrected chi connectivity index (χ4v) is 1.60. The summed E-state index contributed by atoms with van der Waals surface area (Å²) in [5.41, 5.74) is 0.304. The van der Waals surface area contributed by atoms with Crippen LogP contribution in [-0.4, -0.2) is 10.00 Å². The maximum atomic E-state index is 11.1.